The molecule has 2 atom stereocenters. The summed E-state index contributed by atoms with van der Waals surface area (Å²) in [7, 11) is 0. The largest absolute Gasteiger partial charge is 0.363 e. The number of allylic oxidation sites excluding steroid dienone is 2. The quantitative estimate of drug-likeness (QED) is 0.132. The van der Waals surface area contributed by atoms with Gasteiger partial charge in [0.15, 0.2) is 0 Å². The number of benzene rings is 8. The Morgan fingerprint density at radius 1 is 0.508 bits per heavy atom. The van der Waals surface area contributed by atoms with Gasteiger partial charge in [0.1, 0.15) is 0 Å². The zero-order valence-electron chi connectivity index (χ0n) is 33.3. The van der Waals surface area contributed by atoms with Gasteiger partial charge in [0, 0.05) is 47.0 Å². The molecule has 1 N–H and O–H groups in total. The Balaban J connectivity index is 0.969. The van der Waals surface area contributed by atoms with Crippen LogP contribution in [0.5, 0.6) is 0 Å². The van der Waals surface area contributed by atoms with Crippen molar-refractivity contribution in [2.24, 2.45) is 5.92 Å². The number of anilines is 3. The van der Waals surface area contributed by atoms with E-state index in [1.807, 2.05) is 0 Å². The van der Waals surface area contributed by atoms with Crippen molar-refractivity contribution in [2.75, 3.05) is 10.2 Å². The van der Waals surface area contributed by atoms with Crippen LogP contribution in [-0.2, 0) is 18.5 Å². The second-order valence-electron chi connectivity index (χ2n) is 16.1. The van der Waals surface area contributed by atoms with E-state index in [-0.39, 0.29) is 5.41 Å². The molecule has 2 aliphatic carbocycles. The first-order valence-electron chi connectivity index (χ1n) is 21.1. The third-order valence-electron chi connectivity index (χ3n) is 12.6. The number of hydrogen-bond donors (Lipinski definition) is 1. The number of fused-ring (bicyclic) bond motifs is 3. The molecule has 8 aromatic rings. The highest BCUT2D eigenvalue weighted by Crippen LogP contribution is 2.61. The molecule has 0 aliphatic heterocycles. The predicted molar refractivity (Wildman–Crippen MR) is 247 cm³/mol. The molecule has 286 valence electrons. The van der Waals surface area contributed by atoms with Crippen LogP contribution < -0.4 is 10.2 Å². The second-order valence-corrected chi connectivity index (χ2v) is 16.1. The standard InChI is InChI=1S/C57H48N2/c1-5-19-44(20-6-1)45-34-32-42(33-35-45)40-59(50-26-11-4-12-27-50)41-43-18-17-25-49(38-43)58-56-31-16-14-28-51(56)46-36-37-53-52-29-13-15-30-54(52)57(55(53)39-46,47-21-7-2-8-22-47)48-23-9-3-10-24-48/h1-14,16-29,31-39,52,54,58H,15,30,40-41H2. The Kier molecular flexibility index (Phi) is 9.98. The molecule has 10 rings (SSSR count). The first-order chi connectivity index (χ1) is 29.2. The van der Waals surface area contributed by atoms with Crippen molar-refractivity contribution in [3.63, 3.8) is 0 Å². The summed E-state index contributed by atoms with van der Waals surface area (Å²) < 4.78 is 0. The maximum Gasteiger partial charge on any atom is 0.0491 e. The van der Waals surface area contributed by atoms with Gasteiger partial charge in [-0.2, -0.15) is 0 Å². The minimum Gasteiger partial charge on any atom is -0.363 e. The van der Waals surface area contributed by atoms with Gasteiger partial charge in [-0.05, 0) is 105 Å². The molecule has 0 amide bonds. The lowest BCUT2D eigenvalue weighted by Gasteiger charge is -2.40. The van der Waals surface area contributed by atoms with Crippen LogP contribution in [0.2, 0.25) is 0 Å². The summed E-state index contributed by atoms with van der Waals surface area (Å²) in [6.07, 6.45) is 7.16. The summed E-state index contributed by atoms with van der Waals surface area (Å²) in [5.41, 5.74) is 16.2. The summed E-state index contributed by atoms with van der Waals surface area (Å²) in [5.74, 6) is 0.830. The van der Waals surface area contributed by atoms with E-state index >= 15 is 0 Å². The van der Waals surface area contributed by atoms with Gasteiger partial charge in [-0.3, -0.25) is 0 Å². The molecule has 8 aromatic carbocycles. The molecule has 2 aliphatic rings. The molecule has 0 saturated carbocycles. The number of hydrogen-bond acceptors (Lipinski definition) is 2. The van der Waals surface area contributed by atoms with E-state index in [1.165, 1.54) is 61.3 Å². The fourth-order valence-corrected chi connectivity index (χ4v) is 10.0. The average molecular weight is 761 g/mol. The van der Waals surface area contributed by atoms with Crippen molar-refractivity contribution in [2.45, 2.75) is 37.3 Å². The van der Waals surface area contributed by atoms with Crippen LogP contribution in [0.4, 0.5) is 17.1 Å². The molecular formula is C57H48N2. The van der Waals surface area contributed by atoms with E-state index in [1.54, 1.807) is 0 Å². The van der Waals surface area contributed by atoms with Crippen LogP contribution in [-0.4, -0.2) is 0 Å². The van der Waals surface area contributed by atoms with Crippen molar-refractivity contribution in [3.8, 4) is 22.3 Å². The lowest BCUT2D eigenvalue weighted by Crippen LogP contribution is -2.36. The van der Waals surface area contributed by atoms with Crippen LogP contribution in [0.1, 0.15) is 52.1 Å². The third kappa shape index (κ3) is 7.06. The van der Waals surface area contributed by atoms with Gasteiger partial charge in [0.25, 0.3) is 0 Å². The molecule has 0 heterocycles. The number of para-hydroxylation sites is 2. The van der Waals surface area contributed by atoms with Crippen LogP contribution in [0.3, 0.4) is 0 Å². The fraction of sp³-hybridized carbons (Fsp3) is 0.123. The van der Waals surface area contributed by atoms with Crippen LogP contribution >= 0.6 is 0 Å². The molecular weight excluding hydrogens is 713 g/mol. The number of rotatable bonds is 11. The van der Waals surface area contributed by atoms with Crippen molar-refractivity contribution < 1.29 is 0 Å². The van der Waals surface area contributed by atoms with E-state index in [0.29, 0.717) is 11.8 Å². The molecule has 2 unspecified atom stereocenters. The van der Waals surface area contributed by atoms with Crippen LogP contribution in [0, 0.1) is 5.92 Å². The highest BCUT2D eigenvalue weighted by atomic mass is 15.1. The average Bonchev–Trinajstić information content (AvgIpc) is 3.61. The summed E-state index contributed by atoms with van der Waals surface area (Å²) in [6, 6.07) is 77.9. The van der Waals surface area contributed by atoms with Crippen LogP contribution in [0.15, 0.2) is 224 Å². The van der Waals surface area contributed by atoms with Gasteiger partial charge in [-0.1, -0.05) is 188 Å². The third-order valence-corrected chi connectivity index (χ3v) is 12.6. The second kappa shape index (κ2) is 16.2. The van der Waals surface area contributed by atoms with Crippen LogP contribution in [0.25, 0.3) is 22.3 Å². The first-order valence-corrected chi connectivity index (χ1v) is 21.1. The highest BCUT2D eigenvalue weighted by molar-refractivity contribution is 5.82. The van der Waals surface area contributed by atoms with Crippen molar-refractivity contribution >= 4 is 17.1 Å². The lowest BCUT2D eigenvalue weighted by molar-refractivity contribution is 0.346. The summed E-state index contributed by atoms with van der Waals surface area (Å²) in [6.45, 7) is 1.59. The Hall–Kier alpha value is -6.90. The predicted octanol–water partition coefficient (Wildman–Crippen LogP) is 14.4. The van der Waals surface area contributed by atoms with Gasteiger partial charge in [0.05, 0.1) is 0 Å². The fourth-order valence-electron chi connectivity index (χ4n) is 10.0. The van der Waals surface area contributed by atoms with Gasteiger partial charge in [-0.15, -0.1) is 0 Å². The van der Waals surface area contributed by atoms with Crippen molar-refractivity contribution in [3.05, 3.63) is 258 Å². The zero-order valence-corrected chi connectivity index (χ0v) is 33.3. The highest BCUT2D eigenvalue weighted by Gasteiger charge is 2.53. The van der Waals surface area contributed by atoms with Crippen molar-refractivity contribution in [1.82, 2.24) is 0 Å². The van der Waals surface area contributed by atoms with E-state index in [9.17, 15) is 0 Å². The maximum absolute atomic E-state index is 3.87. The molecule has 0 radical (unpaired) electrons. The van der Waals surface area contributed by atoms with E-state index in [4.69, 9.17) is 0 Å². The summed E-state index contributed by atoms with van der Waals surface area (Å²) in [5, 5.41) is 3.87. The lowest BCUT2D eigenvalue weighted by atomic mass is 9.61. The molecule has 0 fully saturated rings. The van der Waals surface area contributed by atoms with E-state index in [2.05, 4.69) is 235 Å². The van der Waals surface area contributed by atoms with E-state index < -0.39 is 0 Å². The number of nitrogens with one attached hydrogen (secondary N) is 1. The minimum absolute atomic E-state index is 0.242. The molecule has 59 heavy (non-hydrogen) atoms. The first kappa shape index (κ1) is 36.4. The SMILES string of the molecule is C1=CC2c3ccc(-c4ccccc4Nc4cccc(CN(Cc5ccc(-c6ccccc6)cc5)c5ccccc5)c4)cc3C(c3ccccc3)(c3ccccc3)C2CC1. The summed E-state index contributed by atoms with van der Waals surface area (Å²) in [4.78, 5) is 2.47. The maximum atomic E-state index is 3.87. The Bertz CT molecular complexity index is 2650. The zero-order chi connectivity index (χ0) is 39.4. The Labute approximate surface area is 349 Å². The molecule has 0 bridgehead atoms. The molecule has 0 saturated heterocycles. The monoisotopic (exact) mass is 760 g/mol. The number of nitrogens with zero attached hydrogens (tertiary/aromatic N) is 1. The summed E-state index contributed by atoms with van der Waals surface area (Å²) >= 11 is 0. The Morgan fingerprint density at radius 2 is 1.12 bits per heavy atom. The van der Waals surface area contributed by atoms with Gasteiger partial charge in [-0.25, -0.2) is 0 Å². The van der Waals surface area contributed by atoms with Gasteiger partial charge >= 0.3 is 0 Å². The molecule has 0 spiro atoms. The van der Waals surface area contributed by atoms with Crippen molar-refractivity contribution in [1.29, 1.82) is 0 Å². The van der Waals surface area contributed by atoms with Gasteiger partial charge < -0.3 is 10.2 Å². The van der Waals surface area contributed by atoms with E-state index in [0.717, 1.165) is 37.3 Å². The molecule has 2 heteroatoms. The topological polar surface area (TPSA) is 15.3 Å². The smallest absolute Gasteiger partial charge is 0.0491 e. The normalized spacial score (nSPS) is 16.2. The minimum atomic E-state index is -0.242. The Morgan fingerprint density at radius 3 is 1.85 bits per heavy atom. The van der Waals surface area contributed by atoms with Gasteiger partial charge in [0.2, 0.25) is 0 Å². The molecule has 2 nitrogen and oxygen atoms in total. The molecule has 0 aromatic heterocycles.